The second kappa shape index (κ2) is 10.0. The van der Waals surface area contributed by atoms with Crippen molar-refractivity contribution in [1.29, 1.82) is 0 Å². The van der Waals surface area contributed by atoms with E-state index >= 15 is 0 Å². The van der Waals surface area contributed by atoms with E-state index in [0.29, 0.717) is 5.69 Å². The predicted molar refractivity (Wildman–Crippen MR) is 129 cm³/mol. The zero-order chi connectivity index (χ0) is 23.3. The molecule has 3 rings (SSSR count). The van der Waals surface area contributed by atoms with Crippen molar-refractivity contribution in [2.24, 2.45) is 0 Å². The highest BCUT2D eigenvalue weighted by molar-refractivity contribution is 7.92. The van der Waals surface area contributed by atoms with Crippen molar-refractivity contribution in [2.75, 3.05) is 10.8 Å². The number of benzene rings is 3. The average molecular weight is 451 g/mol. The molecule has 3 aromatic carbocycles. The van der Waals surface area contributed by atoms with Crippen molar-refractivity contribution in [1.82, 2.24) is 5.32 Å². The number of nitrogens with zero attached hydrogens (tertiary/aromatic N) is 1. The summed E-state index contributed by atoms with van der Waals surface area (Å²) in [4.78, 5) is 13.1. The first-order valence-electron chi connectivity index (χ1n) is 10.8. The molecule has 0 aliphatic heterocycles. The van der Waals surface area contributed by atoms with Gasteiger partial charge in [-0.15, -0.1) is 0 Å². The molecule has 1 amide bonds. The molecule has 0 aliphatic rings. The number of nitrogens with one attached hydrogen (secondary N) is 1. The fourth-order valence-electron chi connectivity index (χ4n) is 3.46. The number of carbonyl (C=O) groups is 1. The van der Waals surface area contributed by atoms with E-state index in [9.17, 15) is 13.2 Å². The van der Waals surface area contributed by atoms with E-state index in [-0.39, 0.29) is 23.4 Å². The Labute approximate surface area is 191 Å². The maximum Gasteiger partial charge on any atom is 0.264 e. The first-order chi connectivity index (χ1) is 15.2. The zero-order valence-electron chi connectivity index (χ0n) is 19.0. The molecule has 0 saturated carbocycles. The third-order valence-electron chi connectivity index (χ3n) is 5.66. The Kier molecular flexibility index (Phi) is 7.36. The van der Waals surface area contributed by atoms with E-state index in [4.69, 9.17) is 0 Å². The molecule has 0 saturated heterocycles. The summed E-state index contributed by atoms with van der Waals surface area (Å²) in [5.41, 5.74) is 4.67. The Morgan fingerprint density at radius 2 is 1.59 bits per heavy atom. The molecule has 0 radical (unpaired) electrons. The van der Waals surface area contributed by atoms with Crippen LogP contribution in [-0.2, 0) is 21.2 Å². The smallest absolute Gasteiger partial charge is 0.264 e. The summed E-state index contributed by atoms with van der Waals surface area (Å²) in [5.74, 6) is -0.366. The molecule has 0 unspecified atom stereocenters. The lowest BCUT2D eigenvalue weighted by molar-refractivity contribution is -0.120. The number of amides is 1. The van der Waals surface area contributed by atoms with Crippen molar-refractivity contribution >= 4 is 21.6 Å². The summed E-state index contributed by atoms with van der Waals surface area (Å²) in [6.07, 6.45) is 0.948. The molecule has 0 heterocycles. The summed E-state index contributed by atoms with van der Waals surface area (Å²) >= 11 is 0. The molecule has 6 heteroatoms. The Morgan fingerprint density at radius 3 is 2.19 bits per heavy atom. The van der Waals surface area contributed by atoms with E-state index < -0.39 is 10.0 Å². The van der Waals surface area contributed by atoms with Crippen LogP contribution in [-0.4, -0.2) is 20.9 Å². The van der Waals surface area contributed by atoms with Crippen molar-refractivity contribution in [2.45, 2.75) is 45.1 Å². The van der Waals surface area contributed by atoms with Crippen LogP contribution in [0, 0.1) is 13.8 Å². The van der Waals surface area contributed by atoms with Gasteiger partial charge in [0.25, 0.3) is 10.0 Å². The maximum atomic E-state index is 13.4. The number of sulfonamides is 1. The predicted octanol–water partition coefficient (Wildman–Crippen LogP) is 4.94. The fourth-order valence-corrected chi connectivity index (χ4v) is 4.89. The maximum absolute atomic E-state index is 13.4. The molecule has 32 heavy (non-hydrogen) atoms. The molecular formula is C26H30N2O3S. The largest absolute Gasteiger partial charge is 0.348 e. The Bertz CT molecular complexity index is 1170. The van der Waals surface area contributed by atoms with Crippen LogP contribution < -0.4 is 9.62 Å². The summed E-state index contributed by atoms with van der Waals surface area (Å²) in [7, 11) is -3.92. The minimum absolute atomic E-state index is 0.147. The van der Waals surface area contributed by atoms with Gasteiger partial charge >= 0.3 is 0 Å². The lowest BCUT2D eigenvalue weighted by atomic mass is 10.1. The number of anilines is 1. The normalized spacial score (nSPS) is 12.2. The number of carbonyl (C=O) groups excluding carboxylic acids is 1. The second-order valence-corrected chi connectivity index (χ2v) is 9.84. The third kappa shape index (κ3) is 5.37. The summed E-state index contributed by atoms with van der Waals surface area (Å²) in [5, 5.41) is 2.94. The summed E-state index contributed by atoms with van der Waals surface area (Å²) in [6.45, 7) is 7.57. The SMILES string of the molecule is CCc1ccc([C@H](C)NC(=O)CN(c2ccc(C)c(C)c2)S(=O)(=O)c2ccccc2)cc1. The van der Waals surface area contributed by atoms with Gasteiger partial charge in [0, 0.05) is 0 Å². The van der Waals surface area contributed by atoms with E-state index in [0.717, 1.165) is 23.1 Å². The van der Waals surface area contributed by atoms with Gasteiger partial charge in [-0.2, -0.15) is 0 Å². The highest BCUT2D eigenvalue weighted by atomic mass is 32.2. The van der Waals surface area contributed by atoms with Crippen LogP contribution in [0.1, 0.15) is 42.1 Å². The van der Waals surface area contributed by atoms with Crippen LogP contribution in [0.15, 0.2) is 77.7 Å². The van der Waals surface area contributed by atoms with Crippen LogP contribution in [0.25, 0.3) is 0 Å². The number of hydrogen-bond acceptors (Lipinski definition) is 3. The van der Waals surface area contributed by atoms with E-state index in [1.165, 1.54) is 9.87 Å². The fraction of sp³-hybridized carbons (Fsp3) is 0.269. The van der Waals surface area contributed by atoms with Crippen LogP contribution >= 0.6 is 0 Å². The summed E-state index contributed by atoms with van der Waals surface area (Å²) < 4.78 is 28.1. The number of hydrogen-bond donors (Lipinski definition) is 1. The molecule has 5 nitrogen and oxygen atoms in total. The quantitative estimate of drug-likeness (QED) is 0.529. The van der Waals surface area contributed by atoms with Gasteiger partial charge in [0.1, 0.15) is 6.54 Å². The standard InChI is InChI=1S/C26H30N2O3S/c1-5-22-12-14-23(15-13-22)21(4)27-26(29)18-28(24-16-11-19(2)20(3)17-24)32(30,31)25-9-7-6-8-10-25/h6-17,21H,5,18H2,1-4H3,(H,27,29)/t21-/m0/s1. The lowest BCUT2D eigenvalue weighted by Gasteiger charge is -2.25. The average Bonchev–Trinajstić information content (AvgIpc) is 2.80. The Morgan fingerprint density at radius 1 is 0.938 bits per heavy atom. The third-order valence-corrected chi connectivity index (χ3v) is 7.45. The Hall–Kier alpha value is -3.12. The first-order valence-corrected chi connectivity index (χ1v) is 12.2. The minimum Gasteiger partial charge on any atom is -0.348 e. The topological polar surface area (TPSA) is 66.5 Å². The van der Waals surface area contributed by atoms with Crippen LogP contribution in [0.5, 0.6) is 0 Å². The van der Waals surface area contributed by atoms with E-state index in [2.05, 4.69) is 12.2 Å². The molecule has 168 valence electrons. The van der Waals surface area contributed by atoms with Crippen molar-refractivity contribution in [3.8, 4) is 0 Å². The van der Waals surface area contributed by atoms with Gasteiger partial charge in [0.05, 0.1) is 16.6 Å². The molecule has 0 aliphatic carbocycles. The number of rotatable bonds is 8. The highest BCUT2D eigenvalue weighted by Crippen LogP contribution is 2.26. The van der Waals surface area contributed by atoms with Gasteiger partial charge in [0.15, 0.2) is 0 Å². The van der Waals surface area contributed by atoms with Crippen molar-refractivity contribution < 1.29 is 13.2 Å². The molecule has 0 aromatic heterocycles. The second-order valence-electron chi connectivity index (χ2n) is 7.98. The summed E-state index contributed by atoms with van der Waals surface area (Å²) in [6, 6.07) is 21.4. The van der Waals surface area contributed by atoms with Crippen LogP contribution in [0.4, 0.5) is 5.69 Å². The monoisotopic (exact) mass is 450 g/mol. The molecule has 3 aromatic rings. The van der Waals surface area contributed by atoms with Gasteiger partial charge in [-0.05, 0) is 73.7 Å². The van der Waals surface area contributed by atoms with Crippen molar-refractivity contribution in [3.05, 3.63) is 95.1 Å². The molecule has 0 bridgehead atoms. The molecular weight excluding hydrogens is 420 g/mol. The van der Waals surface area contributed by atoms with E-state index in [1.54, 1.807) is 42.5 Å². The van der Waals surface area contributed by atoms with Crippen LogP contribution in [0.2, 0.25) is 0 Å². The van der Waals surface area contributed by atoms with Gasteiger partial charge in [-0.1, -0.05) is 55.5 Å². The lowest BCUT2D eigenvalue weighted by Crippen LogP contribution is -2.41. The first kappa shape index (κ1) is 23.5. The number of aryl methyl sites for hydroxylation is 3. The zero-order valence-corrected chi connectivity index (χ0v) is 19.8. The van der Waals surface area contributed by atoms with Gasteiger partial charge < -0.3 is 5.32 Å². The molecule has 1 atom stereocenters. The Balaban J connectivity index is 1.88. The van der Waals surface area contributed by atoms with Gasteiger partial charge in [0.2, 0.25) is 5.91 Å². The van der Waals surface area contributed by atoms with Gasteiger partial charge in [-0.25, -0.2) is 8.42 Å². The highest BCUT2D eigenvalue weighted by Gasteiger charge is 2.27. The molecule has 1 N–H and O–H groups in total. The van der Waals surface area contributed by atoms with Gasteiger partial charge in [-0.3, -0.25) is 9.10 Å². The minimum atomic E-state index is -3.92. The molecule has 0 spiro atoms. The van der Waals surface area contributed by atoms with Crippen molar-refractivity contribution in [3.63, 3.8) is 0 Å². The van der Waals surface area contributed by atoms with E-state index in [1.807, 2.05) is 51.1 Å². The van der Waals surface area contributed by atoms with Crippen LogP contribution in [0.3, 0.4) is 0 Å². The molecule has 0 fully saturated rings.